The van der Waals surface area contributed by atoms with Crippen molar-refractivity contribution in [1.29, 1.82) is 0 Å². The summed E-state index contributed by atoms with van der Waals surface area (Å²) in [5, 5.41) is 14.9. The van der Waals surface area contributed by atoms with Crippen LogP contribution in [0.15, 0.2) is 47.8 Å². The average molecular weight is 348 g/mol. The molecule has 2 heterocycles. The van der Waals surface area contributed by atoms with Crippen molar-refractivity contribution in [2.45, 2.75) is 31.3 Å². The lowest BCUT2D eigenvalue weighted by Gasteiger charge is -2.24. The van der Waals surface area contributed by atoms with Gasteiger partial charge in [0.05, 0.1) is 0 Å². The van der Waals surface area contributed by atoms with Gasteiger partial charge >= 0.3 is 0 Å². The van der Waals surface area contributed by atoms with Gasteiger partial charge in [0, 0.05) is 30.6 Å². The number of thiophene rings is 1. The number of rotatable bonds is 6. The zero-order valence-electron chi connectivity index (χ0n) is 13.3. The molecule has 1 aliphatic heterocycles. The number of benzene rings is 1. The third kappa shape index (κ3) is 4.20. The molecular weight excluding hydrogens is 327 g/mol. The highest BCUT2D eigenvalue weighted by atomic mass is 32.1. The number of amides is 1. The van der Waals surface area contributed by atoms with Crippen molar-refractivity contribution in [1.82, 2.24) is 10.2 Å². The standard InChI is InChI=1S/C18H21FN2O2S/c19-14-9-15(21(11-14)12-16-7-4-8-24-16)10-20-18(23)17(22)13-5-2-1-3-6-13/h1-8,14-15,17,22H,9-12H2,(H,20,23)/t14-,15-,17+/m0/s1. The fourth-order valence-corrected chi connectivity index (χ4v) is 3.76. The van der Waals surface area contributed by atoms with E-state index in [-0.39, 0.29) is 6.04 Å². The molecule has 4 nitrogen and oxygen atoms in total. The molecule has 2 N–H and O–H groups in total. The first-order valence-corrected chi connectivity index (χ1v) is 8.92. The van der Waals surface area contributed by atoms with E-state index in [1.54, 1.807) is 35.6 Å². The van der Waals surface area contributed by atoms with Gasteiger partial charge < -0.3 is 10.4 Å². The van der Waals surface area contributed by atoms with Crippen LogP contribution >= 0.6 is 11.3 Å². The fourth-order valence-electron chi connectivity index (χ4n) is 3.03. The summed E-state index contributed by atoms with van der Waals surface area (Å²) in [5.74, 6) is -0.445. The Balaban J connectivity index is 1.55. The number of hydrogen-bond acceptors (Lipinski definition) is 4. The highest BCUT2D eigenvalue weighted by molar-refractivity contribution is 7.09. The zero-order valence-corrected chi connectivity index (χ0v) is 14.1. The molecule has 0 saturated carbocycles. The second kappa shape index (κ2) is 7.88. The Morgan fingerprint density at radius 1 is 1.33 bits per heavy atom. The van der Waals surface area contributed by atoms with Gasteiger partial charge in [-0.3, -0.25) is 9.69 Å². The third-order valence-electron chi connectivity index (χ3n) is 4.29. The van der Waals surface area contributed by atoms with Crippen LogP contribution in [0.25, 0.3) is 0 Å². The predicted octanol–water partition coefficient (Wildman–Crippen LogP) is 2.51. The minimum Gasteiger partial charge on any atom is -0.378 e. The Morgan fingerprint density at radius 2 is 2.12 bits per heavy atom. The normalized spacial score (nSPS) is 22.4. The highest BCUT2D eigenvalue weighted by Gasteiger charge is 2.32. The lowest BCUT2D eigenvalue weighted by molar-refractivity contribution is -0.129. The molecule has 0 bridgehead atoms. The Labute approximate surface area is 144 Å². The van der Waals surface area contributed by atoms with Crippen molar-refractivity contribution in [2.24, 2.45) is 0 Å². The van der Waals surface area contributed by atoms with Gasteiger partial charge in [-0.2, -0.15) is 0 Å². The minimum absolute atomic E-state index is 0.0472. The predicted molar refractivity (Wildman–Crippen MR) is 92.4 cm³/mol. The lowest BCUT2D eigenvalue weighted by atomic mass is 10.1. The van der Waals surface area contributed by atoms with Gasteiger partial charge in [0.2, 0.25) is 0 Å². The van der Waals surface area contributed by atoms with Crippen LogP contribution in [0.3, 0.4) is 0 Å². The molecule has 6 heteroatoms. The van der Waals surface area contributed by atoms with E-state index < -0.39 is 18.2 Å². The van der Waals surface area contributed by atoms with Crippen molar-refractivity contribution in [3.05, 3.63) is 58.3 Å². The smallest absolute Gasteiger partial charge is 0.253 e. The van der Waals surface area contributed by atoms with Gasteiger partial charge in [0.1, 0.15) is 6.17 Å². The average Bonchev–Trinajstić information content (AvgIpc) is 3.22. The molecule has 3 atom stereocenters. The van der Waals surface area contributed by atoms with Gasteiger partial charge in [-0.15, -0.1) is 11.3 Å². The molecule has 2 aromatic rings. The molecule has 0 aliphatic carbocycles. The number of carbonyl (C=O) groups excluding carboxylic acids is 1. The van der Waals surface area contributed by atoms with E-state index in [9.17, 15) is 14.3 Å². The Kier molecular flexibility index (Phi) is 5.60. The van der Waals surface area contributed by atoms with E-state index >= 15 is 0 Å². The maximum Gasteiger partial charge on any atom is 0.253 e. The van der Waals surface area contributed by atoms with Crippen LogP contribution in [-0.4, -0.2) is 41.2 Å². The van der Waals surface area contributed by atoms with E-state index in [2.05, 4.69) is 10.2 Å². The number of halogens is 1. The second-order valence-electron chi connectivity index (χ2n) is 6.05. The van der Waals surface area contributed by atoms with Gasteiger partial charge in [-0.05, 0) is 23.4 Å². The monoisotopic (exact) mass is 348 g/mol. The number of aliphatic hydroxyl groups excluding tert-OH is 1. The van der Waals surface area contributed by atoms with Crippen LogP contribution in [0.2, 0.25) is 0 Å². The first-order chi connectivity index (χ1) is 11.6. The topological polar surface area (TPSA) is 52.6 Å². The Hall–Kier alpha value is -1.76. The third-order valence-corrected chi connectivity index (χ3v) is 5.15. The summed E-state index contributed by atoms with van der Waals surface area (Å²) in [6.07, 6.45) is -1.65. The molecule has 1 aromatic heterocycles. The summed E-state index contributed by atoms with van der Waals surface area (Å²) in [4.78, 5) is 15.4. The lowest BCUT2D eigenvalue weighted by Crippen LogP contribution is -2.41. The maximum absolute atomic E-state index is 13.8. The van der Waals surface area contributed by atoms with Crippen molar-refractivity contribution in [2.75, 3.05) is 13.1 Å². The number of aliphatic hydroxyl groups is 1. The number of carbonyl (C=O) groups is 1. The van der Waals surface area contributed by atoms with Gasteiger partial charge in [0.25, 0.3) is 5.91 Å². The van der Waals surface area contributed by atoms with Gasteiger partial charge in [-0.1, -0.05) is 36.4 Å². The molecule has 1 fully saturated rings. The Bertz CT molecular complexity index is 650. The highest BCUT2D eigenvalue weighted by Crippen LogP contribution is 2.24. The summed E-state index contributed by atoms with van der Waals surface area (Å²) in [6, 6.07) is 12.8. The molecule has 0 radical (unpaired) electrons. The number of hydrogen-bond donors (Lipinski definition) is 2. The SMILES string of the molecule is O=C(NC[C@@H]1C[C@H](F)CN1Cc1cccs1)[C@H](O)c1ccccc1. The van der Waals surface area contributed by atoms with Crippen molar-refractivity contribution < 1.29 is 14.3 Å². The van der Waals surface area contributed by atoms with E-state index in [1.807, 2.05) is 23.6 Å². The zero-order chi connectivity index (χ0) is 16.9. The molecule has 128 valence electrons. The minimum atomic E-state index is -1.19. The summed E-state index contributed by atoms with van der Waals surface area (Å²) in [7, 11) is 0. The molecule has 1 aliphatic rings. The maximum atomic E-state index is 13.8. The number of nitrogens with zero attached hydrogens (tertiary/aromatic N) is 1. The number of nitrogens with one attached hydrogen (secondary N) is 1. The van der Waals surface area contributed by atoms with Crippen LogP contribution in [-0.2, 0) is 11.3 Å². The van der Waals surface area contributed by atoms with Crippen LogP contribution in [0.1, 0.15) is 23.0 Å². The molecule has 0 unspecified atom stereocenters. The molecule has 1 saturated heterocycles. The van der Waals surface area contributed by atoms with Gasteiger partial charge in [0.15, 0.2) is 6.10 Å². The van der Waals surface area contributed by atoms with E-state index in [4.69, 9.17) is 0 Å². The summed E-state index contributed by atoms with van der Waals surface area (Å²) >= 11 is 1.65. The van der Waals surface area contributed by atoms with Crippen LogP contribution in [0.5, 0.6) is 0 Å². The number of likely N-dealkylation sites (tertiary alicyclic amines) is 1. The Morgan fingerprint density at radius 3 is 2.83 bits per heavy atom. The van der Waals surface area contributed by atoms with Crippen molar-refractivity contribution >= 4 is 17.2 Å². The van der Waals surface area contributed by atoms with Crippen LogP contribution in [0.4, 0.5) is 4.39 Å². The van der Waals surface area contributed by atoms with E-state index in [1.165, 1.54) is 4.88 Å². The molecule has 1 aromatic carbocycles. The summed E-state index contributed by atoms with van der Waals surface area (Å²) < 4.78 is 13.8. The van der Waals surface area contributed by atoms with Crippen LogP contribution < -0.4 is 5.32 Å². The summed E-state index contributed by atoms with van der Waals surface area (Å²) in [5.41, 5.74) is 0.556. The largest absolute Gasteiger partial charge is 0.378 e. The molecule has 0 spiro atoms. The number of alkyl halides is 1. The second-order valence-corrected chi connectivity index (χ2v) is 7.09. The first kappa shape index (κ1) is 17.1. The van der Waals surface area contributed by atoms with E-state index in [0.717, 1.165) is 0 Å². The van der Waals surface area contributed by atoms with E-state index in [0.29, 0.717) is 31.6 Å². The van der Waals surface area contributed by atoms with Crippen LogP contribution in [0, 0.1) is 0 Å². The molecular formula is C18H21FN2O2S. The van der Waals surface area contributed by atoms with Crippen molar-refractivity contribution in [3.8, 4) is 0 Å². The first-order valence-electron chi connectivity index (χ1n) is 8.04. The molecule has 1 amide bonds. The van der Waals surface area contributed by atoms with Crippen molar-refractivity contribution in [3.63, 3.8) is 0 Å². The quantitative estimate of drug-likeness (QED) is 0.843. The molecule has 24 heavy (non-hydrogen) atoms. The molecule has 3 rings (SSSR count). The summed E-state index contributed by atoms with van der Waals surface area (Å²) in [6.45, 7) is 1.42. The van der Waals surface area contributed by atoms with Gasteiger partial charge in [-0.25, -0.2) is 4.39 Å². The fraction of sp³-hybridized carbons (Fsp3) is 0.389.